The van der Waals surface area contributed by atoms with Gasteiger partial charge in [0.15, 0.2) is 28.8 Å². The lowest BCUT2D eigenvalue weighted by molar-refractivity contribution is 0.104. The van der Waals surface area contributed by atoms with E-state index in [0.717, 1.165) is 37.7 Å². The molecular formula is C30H42O6. The van der Waals surface area contributed by atoms with Crippen molar-refractivity contribution in [3.63, 3.8) is 0 Å². The molecule has 6 heteroatoms. The highest BCUT2D eigenvalue weighted by atomic mass is 16.5. The summed E-state index contributed by atoms with van der Waals surface area (Å²) in [6.07, 6.45) is 7.59. The summed E-state index contributed by atoms with van der Waals surface area (Å²) in [5.74, 6) is 2.72. The summed E-state index contributed by atoms with van der Waals surface area (Å²) >= 11 is 0. The predicted octanol–water partition coefficient (Wildman–Crippen LogP) is 7.53. The first kappa shape index (κ1) is 29.1. The molecule has 2 aromatic rings. The Morgan fingerprint density at radius 2 is 1.11 bits per heavy atom. The van der Waals surface area contributed by atoms with E-state index in [9.17, 15) is 4.79 Å². The number of hydrogen-bond donors (Lipinski definition) is 0. The molecule has 0 N–H and O–H groups in total. The molecule has 36 heavy (non-hydrogen) atoms. The lowest BCUT2D eigenvalue weighted by atomic mass is 10.1. The molecule has 6 nitrogen and oxygen atoms in total. The summed E-state index contributed by atoms with van der Waals surface area (Å²) in [7, 11) is 0. The third kappa shape index (κ3) is 8.51. The van der Waals surface area contributed by atoms with Crippen LogP contribution >= 0.6 is 0 Å². The molecule has 0 spiro atoms. The van der Waals surface area contributed by atoms with Crippen LogP contribution in [0.1, 0.15) is 82.6 Å². The Labute approximate surface area is 216 Å². The van der Waals surface area contributed by atoms with Crippen molar-refractivity contribution in [3.05, 3.63) is 47.5 Å². The minimum absolute atomic E-state index is 0.174. The maximum Gasteiger partial charge on any atom is 0.204 e. The lowest BCUT2D eigenvalue weighted by Gasteiger charge is -2.18. The van der Waals surface area contributed by atoms with E-state index in [4.69, 9.17) is 23.7 Å². The Morgan fingerprint density at radius 3 is 1.69 bits per heavy atom. The Kier molecular flexibility index (Phi) is 13.3. The van der Waals surface area contributed by atoms with Crippen LogP contribution in [0.4, 0.5) is 0 Å². The highest BCUT2D eigenvalue weighted by Crippen LogP contribution is 2.41. The van der Waals surface area contributed by atoms with Crippen molar-refractivity contribution in [2.24, 2.45) is 0 Å². The number of allylic oxidation sites excluding steroid dienone is 1. The molecule has 0 aromatic heterocycles. The van der Waals surface area contributed by atoms with Gasteiger partial charge in [-0.3, -0.25) is 4.79 Å². The molecule has 0 heterocycles. The van der Waals surface area contributed by atoms with E-state index in [1.54, 1.807) is 18.2 Å². The number of ether oxygens (including phenoxy) is 5. The van der Waals surface area contributed by atoms with Crippen LogP contribution in [0.25, 0.3) is 6.08 Å². The molecule has 198 valence electrons. The average molecular weight is 499 g/mol. The standard InChI is InChI=1S/C30H42O6/c1-6-18-32-26-13-11-12-24(29(26)35-21-9-4)25(31)16-14-23-15-17-27(33-19-7-2)30(36-22-10-5)28(23)34-20-8-3/h11-17H,6-10,18-22H2,1-5H3/b16-14+. The summed E-state index contributed by atoms with van der Waals surface area (Å²) in [4.78, 5) is 13.3. The fourth-order valence-corrected chi connectivity index (χ4v) is 3.35. The normalized spacial score (nSPS) is 10.9. The number of hydrogen-bond acceptors (Lipinski definition) is 6. The van der Waals surface area contributed by atoms with Crippen LogP contribution in [0.5, 0.6) is 28.7 Å². The van der Waals surface area contributed by atoms with Gasteiger partial charge in [0.25, 0.3) is 0 Å². The van der Waals surface area contributed by atoms with Crippen molar-refractivity contribution in [3.8, 4) is 28.7 Å². The zero-order valence-corrected chi connectivity index (χ0v) is 22.6. The maximum absolute atomic E-state index is 13.3. The van der Waals surface area contributed by atoms with Crippen LogP contribution in [0.3, 0.4) is 0 Å². The monoisotopic (exact) mass is 498 g/mol. The largest absolute Gasteiger partial charge is 0.490 e. The molecule has 0 unspecified atom stereocenters. The first-order valence-corrected chi connectivity index (χ1v) is 13.3. The number of carbonyl (C=O) groups is 1. The van der Waals surface area contributed by atoms with Crippen LogP contribution in [0.15, 0.2) is 36.4 Å². The van der Waals surface area contributed by atoms with Gasteiger partial charge >= 0.3 is 0 Å². The van der Waals surface area contributed by atoms with Gasteiger partial charge in [0.05, 0.1) is 38.6 Å². The van der Waals surface area contributed by atoms with Gasteiger partial charge in [-0.05, 0) is 68.5 Å². The molecule has 0 atom stereocenters. The summed E-state index contributed by atoms with van der Waals surface area (Å²) in [6, 6.07) is 9.19. The van der Waals surface area contributed by atoms with Crippen molar-refractivity contribution in [2.75, 3.05) is 33.0 Å². The Morgan fingerprint density at radius 1 is 0.611 bits per heavy atom. The molecule has 0 aliphatic heterocycles. The first-order valence-electron chi connectivity index (χ1n) is 13.3. The van der Waals surface area contributed by atoms with Crippen LogP contribution in [0, 0.1) is 0 Å². The van der Waals surface area contributed by atoms with Crippen LogP contribution in [-0.2, 0) is 0 Å². The summed E-state index contributed by atoms with van der Waals surface area (Å²) in [6.45, 7) is 12.9. The second-order valence-electron chi connectivity index (χ2n) is 8.38. The molecule has 2 aromatic carbocycles. The van der Waals surface area contributed by atoms with Gasteiger partial charge in [0, 0.05) is 5.56 Å². The van der Waals surface area contributed by atoms with Crippen molar-refractivity contribution in [1.82, 2.24) is 0 Å². The van der Waals surface area contributed by atoms with E-state index in [0.29, 0.717) is 67.3 Å². The maximum atomic E-state index is 13.3. The van der Waals surface area contributed by atoms with E-state index in [1.807, 2.05) is 38.1 Å². The summed E-state index contributed by atoms with van der Waals surface area (Å²) < 4.78 is 29.9. The molecule has 0 saturated heterocycles. The van der Waals surface area contributed by atoms with Crippen LogP contribution in [0.2, 0.25) is 0 Å². The number of para-hydroxylation sites is 1. The Balaban J connectivity index is 2.45. The fourth-order valence-electron chi connectivity index (χ4n) is 3.35. The fraction of sp³-hybridized carbons (Fsp3) is 0.500. The minimum atomic E-state index is -0.174. The third-order valence-electron chi connectivity index (χ3n) is 5.04. The third-order valence-corrected chi connectivity index (χ3v) is 5.04. The number of ketones is 1. The van der Waals surface area contributed by atoms with Crippen molar-refractivity contribution < 1.29 is 28.5 Å². The van der Waals surface area contributed by atoms with Crippen LogP contribution in [-0.4, -0.2) is 38.8 Å². The van der Waals surface area contributed by atoms with E-state index < -0.39 is 0 Å². The molecule has 0 fully saturated rings. The molecule has 0 radical (unpaired) electrons. The van der Waals surface area contributed by atoms with Gasteiger partial charge in [-0.2, -0.15) is 0 Å². The Hall–Kier alpha value is -3.15. The zero-order valence-electron chi connectivity index (χ0n) is 22.6. The summed E-state index contributed by atoms with van der Waals surface area (Å²) in [5, 5.41) is 0. The average Bonchev–Trinajstić information content (AvgIpc) is 2.90. The van der Waals surface area contributed by atoms with Crippen molar-refractivity contribution in [1.29, 1.82) is 0 Å². The van der Waals surface area contributed by atoms with E-state index in [-0.39, 0.29) is 5.78 Å². The van der Waals surface area contributed by atoms with Crippen LogP contribution < -0.4 is 23.7 Å². The quantitative estimate of drug-likeness (QED) is 0.156. The zero-order chi connectivity index (χ0) is 26.2. The second kappa shape index (κ2) is 16.5. The summed E-state index contributed by atoms with van der Waals surface area (Å²) in [5.41, 5.74) is 1.22. The second-order valence-corrected chi connectivity index (χ2v) is 8.38. The molecule has 0 bridgehead atoms. The van der Waals surface area contributed by atoms with Gasteiger partial charge in [-0.15, -0.1) is 0 Å². The van der Waals surface area contributed by atoms with Gasteiger partial charge in [0.1, 0.15) is 0 Å². The molecule has 0 amide bonds. The molecule has 0 saturated carbocycles. The minimum Gasteiger partial charge on any atom is -0.490 e. The topological polar surface area (TPSA) is 63.2 Å². The smallest absolute Gasteiger partial charge is 0.204 e. The van der Waals surface area contributed by atoms with Gasteiger partial charge in [-0.25, -0.2) is 0 Å². The number of carbonyl (C=O) groups excluding carboxylic acids is 1. The molecule has 0 aliphatic carbocycles. The van der Waals surface area contributed by atoms with Crippen molar-refractivity contribution >= 4 is 11.9 Å². The molecule has 2 rings (SSSR count). The Bertz CT molecular complexity index is 966. The van der Waals surface area contributed by atoms with Crippen molar-refractivity contribution in [2.45, 2.75) is 66.7 Å². The SMILES string of the molecule is CCCOc1cccc(C(=O)/C=C/c2ccc(OCCC)c(OCCC)c2OCCC)c1OCCC. The molecule has 0 aliphatic rings. The number of benzene rings is 2. The lowest BCUT2D eigenvalue weighted by Crippen LogP contribution is -2.07. The first-order chi connectivity index (χ1) is 17.6. The van der Waals surface area contributed by atoms with E-state index in [1.165, 1.54) is 0 Å². The number of rotatable bonds is 18. The van der Waals surface area contributed by atoms with Gasteiger partial charge < -0.3 is 23.7 Å². The predicted molar refractivity (Wildman–Crippen MR) is 145 cm³/mol. The van der Waals surface area contributed by atoms with E-state index >= 15 is 0 Å². The van der Waals surface area contributed by atoms with Gasteiger partial charge in [-0.1, -0.05) is 40.7 Å². The van der Waals surface area contributed by atoms with E-state index in [2.05, 4.69) is 20.8 Å². The highest BCUT2D eigenvalue weighted by Gasteiger charge is 2.19. The highest BCUT2D eigenvalue weighted by molar-refractivity contribution is 6.09. The molecular weight excluding hydrogens is 456 g/mol. The van der Waals surface area contributed by atoms with Gasteiger partial charge in [0.2, 0.25) is 5.75 Å².